The van der Waals surface area contributed by atoms with E-state index < -0.39 is 0 Å². The molecule has 0 saturated carbocycles. The number of thiophene rings is 1. The van der Waals surface area contributed by atoms with Crippen LogP contribution in [0.5, 0.6) is 0 Å². The molecule has 0 atom stereocenters. The Morgan fingerprint density at radius 2 is 1.91 bits per heavy atom. The molecule has 35 heavy (non-hydrogen) atoms. The normalized spacial score (nSPS) is 18.5. The molecular weight excluding hydrogens is 468 g/mol. The molecule has 0 bridgehead atoms. The third-order valence-electron chi connectivity index (χ3n) is 6.86. The maximum Gasteiger partial charge on any atom is 0.350 e. The second-order valence-corrected chi connectivity index (χ2v) is 10.6. The fraction of sp³-hybridized carbons (Fsp3) is 0.600. The van der Waals surface area contributed by atoms with Crippen molar-refractivity contribution in [2.75, 3.05) is 44.6 Å². The summed E-state index contributed by atoms with van der Waals surface area (Å²) in [6.07, 6.45) is 7.32. The van der Waals surface area contributed by atoms with E-state index in [-0.39, 0.29) is 43.3 Å². The summed E-state index contributed by atoms with van der Waals surface area (Å²) in [5.74, 6) is -0.517. The van der Waals surface area contributed by atoms with Crippen LogP contribution < -0.4 is 10.6 Å². The van der Waals surface area contributed by atoms with Crippen LogP contribution in [0.2, 0.25) is 0 Å². The molecular formula is C25H35N4O5S+. The average molecular weight is 504 g/mol. The van der Waals surface area contributed by atoms with Crippen LogP contribution >= 0.6 is 11.3 Å². The number of likely N-dealkylation sites (tertiary alicyclic amines) is 1. The minimum absolute atomic E-state index is 0.0477. The molecule has 10 heteroatoms. The van der Waals surface area contributed by atoms with E-state index in [9.17, 15) is 14.4 Å². The highest BCUT2D eigenvalue weighted by atomic mass is 32.1. The summed E-state index contributed by atoms with van der Waals surface area (Å²) < 4.78 is 11.0. The largest absolute Gasteiger partial charge is 0.458 e. The van der Waals surface area contributed by atoms with Crippen molar-refractivity contribution in [1.29, 1.82) is 0 Å². The van der Waals surface area contributed by atoms with Crippen LogP contribution in [0.4, 0.5) is 5.69 Å². The summed E-state index contributed by atoms with van der Waals surface area (Å²) in [5.41, 5.74) is 1.98. The number of nitrogens with zero attached hydrogens (tertiary/aromatic N) is 2. The first kappa shape index (κ1) is 25.5. The predicted molar refractivity (Wildman–Crippen MR) is 132 cm³/mol. The van der Waals surface area contributed by atoms with Gasteiger partial charge in [-0.25, -0.2) is 4.79 Å². The van der Waals surface area contributed by atoms with Gasteiger partial charge in [-0.05, 0) is 69.5 Å². The summed E-state index contributed by atoms with van der Waals surface area (Å²) in [6, 6.07) is 1.70. The first-order valence-electron chi connectivity index (χ1n) is 12.5. The number of ketones is 1. The molecule has 1 amide bonds. The summed E-state index contributed by atoms with van der Waals surface area (Å²) in [4.78, 5) is 39.5. The Bertz CT molecular complexity index is 1010. The van der Waals surface area contributed by atoms with Crippen molar-refractivity contribution in [3.63, 3.8) is 0 Å². The second kappa shape index (κ2) is 11.9. The number of quaternary nitrogens is 1. The predicted octanol–water partition coefficient (Wildman–Crippen LogP) is 3.09. The highest BCUT2D eigenvalue weighted by molar-refractivity contribution is 7.12. The molecule has 0 unspecified atom stereocenters. The van der Waals surface area contributed by atoms with Gasteiger partial charge in [-0.1, -0.05) is 5.16 Å². The van der Waals surface area contributed by atoms with E-state index in [0.717, 1.165) is 70.3 Å². The van der Waals surface area contributed by atoms with Crippen molar-refractivity contribution < 1.29 is 28.1 Å². The molecule has 2 aliphatic rings. The zero-order valence-electron chi connectivity index (χ0n) is 20.3. The molecule has 9 nitrogen and oxygen atoms in total. The lowest BCUT2D eigenvalue weighted by atomic mass is 10.1. The molecule has 2 aromatic heterocycles. The first-order chi connectivity index (χ1) is 16.9. The van der Waals surface area contributed by atoms with E-state index in [2.05, 4.69) is 15.8 Å². The number of hydrogen-bond acceptors (Lipinski definition) is 8. The van der Waals surface area contributed by atoms with Crippen molar-refractivity contribution >= 4 is 34.7 Å². The minimum Gasteiger partial charge on any atom is -0.458 e. The van der Waals surface area contributed by atoms with Crippen molar-refractivity contribution in [3.05, 3.63) is 33.8 Å². The third-order valence-corrected chi connectivity index (χ3v) is 7.94. The van der Waals surface area contributed by atoms with Gasteiger partial charge in [0.05, 0.1) is 30.9 Å². The zero-order chi connectivity index (χ0) is 24.7. The number of piperidine rings is 1. The number of hydrogen-bond donors (Lipinski definition) is 2. The molecule has 0 spiro atoms. The number of anilines is 1. The van der Waals surface area contributed by atoms with Gasteiger partial charge in [0.2, 0.25) is 0 Å². The Balaban J connectivity index is 1.43. The summed E-state index contributed by atoms with van der Waals surface area (Å²) in [7, 11) is 0. The van der Waals surface area contributed by atoms with Gasteiger partial charge < -0.3 is 24.4 Å². The molecule has 2 aliphatic heterocycles. The average Bonchev–Trinajstić information content (AvgIpc) is 3.40. The Morgan fingerprint density at radius 1 is 1.17 bits per heavy atom. The molecule has 4 heterocycles. The summed E-state index contributed by atoms with van der Waals surface area (Å²) in [5, 5.41) is 12.0. The van der Waals surface area contributed by atoms with Gasteiger partial charge in [-0.2, -0.15) is 0 Å². The molecule has 2 fully saturated rings. The molecule has 2 aromatic rings. The molecule has 2 N–H and O–H groups in total. The molecule has 0 aliphatic carbocycles. The summed E-state index contributed by atoms with van der Waals surface area (Å²) >= 11 is 1.30. The molecule has 190 valence electrons. The Hall–Kier alpha value is -2.56. The zero-order valence-corrected chi connectivity index (χ0v) is 21.2. The lowest BCUT2D eigenvalue weighted by Gasteiger charge is -2.36. The van der Waals surface area contributed by atoms with Gasteiger partial charge in [0.15, 0.2) is 12.3 Å². The lowest BCUT2D eigenvalue weighted by molar-refractivity contribution is -0.912. The number of Topliss-reactive ketones (excluding diaryl/α,β-unsaturated/α-hetero) is 1. The fourth-order valence-electron chi connectivity index (χ4n) is 5.04. The Morgan fingerprint density at radius 3 is 2.60 bits per heavy atom. The van der Waals surface area contributed by atoms with Crippen LogP contribution in [0, 0.1) is 6.92 Å². The van der Waals surface area contributed by atoms with Gasteiger partial charge in [0.25, 0.3) is 5.91 Å². The van der Waals surface area contributed by atoms with E-state index in [1.54, 1.807) is 6.07 Å². The van der Waals surface area contributed by atoms with Crippen molar-refractivity contribution in [2.45, 2.75) is 58.0 Å². The Labute approximate surface area is 209 Å². The number of rotatable bonds is 9. The van der Waals surface area contributed by atoms with E-state index in [1.165, 1.54) is 17.6 Å². The van der Waals surface area contributed by atoms with Crippen LogP contribution in [-0.4, -0.2) is 72.7 Å². The van der Waals surface area contributed by atoms with Crippen LogP contribution in [-0.2, 0) is 20.7 Å². The van der Waals surface area contributed by atoms with Gasteiger partial charge in [-0.15, -0.1) is 11.3 Å². The van der Waals surface area contributed by atoms with Crippen molar-refractivity contribution in [3.8, 4) is 0 Å². The highest BCUT2D eigenvalue weighted by Crippen LogP contribution is 2.30. The number of carbonyl (C=O) groups is 3. The SMILES string of the molecule is Cc1csc(C(=O)OC2CCNCC2)c1NC(=O)C[N+]1(CC(=O)Cc2ccon2)CCCCCC1. The fourth-order valence-corrected chi connectivity index (χ4v) is 5.93. The topological polar surface area (TPSA) is 111 Å². The second-order valence-electron chi connectivity index (χ2n) is 9.75. The number of nitrogens with one attached hydrogen (secondary N) is 2. The third kappa shape index (κ3) is 6.99. The smallest absolute Gasteiger partial charge is 0.350 e. The van der Waals surface area contributed by atoms with Crippen molar-refractivity contribution in [2.24, 2.45) is 0 Å². The van der Waals surface area contributed by atoms with Crippen LogP contribution in [0.15, 0.2) is 22.2 Å². The number of carbonyl (C=O) groups excluding carboxylic acids is 3. The minimum atomic E-state index is -0.383. The molecule has 0 radical (unpaired) electrons. The molecule has 4 rings (SSSR count). The highest BCUT2D eigenvalue weighted by Gasteiger charge is 2.35. The van der Waals surface area contributed by atoms with Gasteiger partial charge in [0.1, 0.15) is 23.8 Å². The van der Waals surface area contributed by atoms with E-state index in [1.807, 2.05) is 12.3 Å². The van der Waals surface area contributed by atoms with E-state index in [4.69, 9.17) is 9.26 Å². The lowest BCUT2D eigenvalue weighted by Crippen LogP contribution is -2.55. The van der Waals surface area contributed by atoms with Crippen molar-refractivity contribution in [1.82, 2.24) is 10.5 Å². The van der Waals surface area contributed by atoms with Gasteiger partial charge >= 0.3 is 5.97 Å². The monoisotopic (exact) mass is 503 g/mol. The van der Waals surface area contributed by atoms with Crippen LogP contribution in [0.25, 0.3) is 0 Å². The standard InChI is InChI=1S/C25H34N4O5S/c1-18-17-35-24(25(32)34-21-6-9-26-10-7-21)23(18)27-22(31)16-29(11-4-2-3-5-12-29)15-20(30)14-19-8-13-33-28-19/h8,13,17,21,26H,2-7,9-12,14-16H2,1H3/p+1. The number of ether oxygens (including phenoxy) is 1. The van der Waals surface area contributed by atoms with Crippen LogP contribution in [0.3, 0.4) is 0 Å². The summed E-state index contributed by atoms with van der Waals surface area (Å²) in [6.45, 7) is 5.60. The van der Waals surface area contributed by atoms with Gasteiger partial charge in [-0.3, -0.25) is 9.59 Å². The molecule has 0 aromatic carbocycles. The van der Waals surface area contributed by atoms with Gasteiger partial charge in [0, 0.05) is 6.07 Å². The maximum atomic E-state index is 13.3. The number of aryl methyl sites for hydroxylation is 1. The number of aromatic nitrogens is 1. The van der Waals surface area contributed by atoms with E-state index in [0.29, 0.717) is 20.7 Å². The van der Waals surface area contributed by atoms with E-state index >= 15 is 0 Å². The molecule has 2 saturated heterocycles. The maximum absolute atomic E-state index is 13.3. The Kier molecular flexibility index (Phi) is 8.69. The quantitative estimate of drug-likeness (QED) is 0.400. The van der Waals surface area contributed by atoms with Crippen LogP contribution in [0.1, 0.15) is 59.5 Å². The number of amides is 1. The number of esters is 1. The first-order valence-corrected chi connectivity index (χ1v) is 13.4.